The molecule has 36 heavy (non-hydrogen) atoms. The number of nitrogens with zero attached hydrogens (tertiary/aromatic N) is 4. The minimum atomic E-state index is -0.570. The van der Waals surface area contributed by atoms with E-state index in [-0.39, 0.29) is 24.8 Å². The average molecular weight is 492 g/mol. The van der Waals surface area contributed by atoms with Gasteiger partial charge in [-0.15, -0.1) is 5.10 Å². The number of aromatic nitrogens is 4. The van der Waals surface area contributed by atoms with Crippen molar-refractivity contribution in [2.45, 2.75) is 77.4 Å². The van der Waals surface area contributed by atoms with Crippen LogP contribution in [0.3, 0.4) is 0 Å². The summed E-state index contributed by atoms with van der Waals surface area (Å²) < 4.78 is 18.8. The van der Waals surface area contributed by atoms with Gasteiger partial charge in [0.1, 0.15) is 12.1 Å². The van der Waals surface area contributed by atoms with Gasteiger partial charge in [-0.25, -0.2) is 9.97 Å². The first kappa shape index (κ1) is 24.2. The lowest BCUT2D eigenvalue weighted by Gasteiger charge is -2.22. The number of carbonyl (C=O) groups is 1. The van der Waals surface area contributed by atoms with Crippen molar-refractivity contribution in [3.05, 3.63) is 54.0 Å². The van der Waals surface area contributed by atoms with Crippen molar-refractivity contribution in [3.8, 4) is 17.0 Å². The van der Waals surface area contributed by atoms with Crippen LogP contribution in [0.5, 0.6) is 5.88 Å². The molecule has 0 saturated carbocycles. The van der Waals surface area contributed by atoms with Crippen LogP contribution in [0.25, 0.3) is 11.1 Å². The number of benzene rings is 1. The lowest BCUT2D eigenvalue weighted by molar-refractivity contribution is -0.155. The van der Waals surface area contributed by atoms with Crippen LogP contribution in [0, 0.1) is 0 Å². The van der Waals surface area contributed by atoms with Crippen molar-refractivity contribution in [2.75, 3.05) is 11.9 Å². The van der Waals surface area contributed by atoms with Gasteiger partial charge in [0.05, 0.1) is 12.2 Å². The van der Waals surface area contributed by atoms with Gasteiger partial charge in [0.2, 0.25) is 18.1 Å². The fourth-order valence-corrected chi connectivity index (χ4v) is 4.59. The summed E-state index contributed by atoms with van der Waals surface area (Å²) in [4.78, 5) is 21.5. The molecule has 0 spiro atoms. The maximum absolute atomic E-state index is 12.4. The molecule has 2 aromatic heterocycles. The molecule has 190 valence electrons. The summed E-state index contributed by atoms with van der Waals surface area (Å²) in [5, 5.41) is 7.97. The van der Waals surface area contributed by atoms with Gasteiger partial charge >= 0.3 is 5.97 Å². The minimum absolute atomic E-state index is 0.0259. The van der Waals surface area contributed by atoms with E-state index >= 15 is 0 Å². The van der Waals surface area contributed by atoms with Gasteiger partial charge < -0.3 is 19.5 Å². The Bertz CT molecular complexity index is 1170. The first-order chi connectivity index (χ1) is 17.3. The number of ether oxygens (including phenoxy) is 3. The predicted molar refractivity (Wildman–Crippen MR) is 135 cm³/mol. The third-order valence-electron chi connectivity index (χ3n) is 6.17. The zero-order chi connectivity index (χ0) is 25.1. The highest BCUT2D eigenvalue weighted by atomic mass is 16.7. The molecule has 5 rings (SSSR count). The summed E-state index contributed by atoms with van der Waals surface area (Å²) in [7, 11) is 0. The van der Waals surface area contributed by atoms with E-state index < -0.39 is 5.60 Å². The fraction of sp³-hybridized carbons (Fsp3) is 0.481. The number of esters is 1. The van der Waals surface area contributed by atoms with Crippen molar-refractivity contribution >= 4 is 11.9 Å². The highest BCUT2D eigenvalue weighted by Crippen LogP contribution is 2.31. The third-order valence-corrected chi connectivity index (χ3v) is 6.17. The van der Waals surface area contributed by atoms with Gasteiger partial charge in [-0.3, -0.25) is 9.48 Å². The largest absolute Gasteiger partial charge is 0.459 e. The molecule has 3 aromatic rings. The molecule has 9 heteroatoms. The van der Waals surface area contributed by atoms with Crippen LogP contribution in [-0.4, -0.2) is 50.3 Å². The summed E-state index contributed by atoms with van der Waals surface area (Å²) in [5.74, 6) is 0.599. The molecule has 0 amide bonds. The highest BCUT2D eigenvalue weighted by Gasteiger charge is 2.24. The van der Waals surface area contributed by atoms with Crippen molar-refractivity contribution in [1.82, 2.24) is 19.7 Å². The van der Waals surface area contributed by atoms with E-state index in [9.17, 15) is 4.79 Å². The summed E-state index contributed by atoms with van der Waals surface area (Å²) in [6.07, 6.45) is 9.66. The first-order valence-corrected chi connectivity index (χ1v) is 12.6. The highest BCUT2D eigenvalue weighted by molar-refractivity contribution is 5.71. The molecule has 1 atom stereocenters. The molecule has 0 radical (unpaired) electrons. The number of nitrogens with one attached hydrogen (secondary N) is 1. The second kappa shape index (κ2) is 10.3. The summed E-state index contributed by atoms with van der Waals surface area (Å²) >= 11 is 0. The SMILES string of the molecule is CC(C)(C)OC(=O)Cn1cc(-c2cnc(NC3Cc4ccccc4C3)nc2)c(OC2CCCCO2)n1. The molecule has 2 aliphatic rings. The maximum Gasteiger partial charge on any atom is 0.328 e. The van der Waals surface area contributed by atoms with Crippen molar-refractivity contribution in [3.63, 3.8) is 0 Å². The molecule has 1 N–H and O–H groups in total. The second-order valence-electron chi connectivity index (χ2n) is 10.4. The van der Waals surface area contributed by atoms with E-state index in [1.807, 2.05) is 20.8 Å². The molecule has 3 heterocycles. The number of anilines is 1. The summed E-state index contributed by atoms with van der Waals surface area (Å²) in [6, 6.07) is 8.77. The quantitative estimate of drug-likeness (QED) is 0.492. The molecule has 1 aliphatic heterocycles. The lowest BCUT2D eigenvalue weighted by atomic mass is 10.1. The van der Waals surface area contributed by atoms with Crippen LogP contribution >= 0.6 is 0 Å². The standard InChI is InChI=1S/C27H33N5O4/c1-27(2,3)36-23(33)17-32-16-22(25(31-32)35-24-10-6-7-11-34-24)20-14-28-26(29-15-20)30-21-12-18-8-4-5-9-19(18)13-21/h4-5,8-9,14-16,21,24H,6-7,10-13,17H2,1-3H3,(H,28,29,30). The Kier molecular flexibility index (Phi) is 6.91. The molecule has 1 aromatic carbocycles. The van der Waals surface area contributed by atoms with E-state index in [1.54, 1.807) is 18.6 Å². The van der Waals surface area contributed by atoms with Gasteiger partial charge in [0.25, 0.3) is 0 Å². The average Bonchev–Trinajstić information content (AvgIpc) is 3.42. The molecular formula is C27H33N5O4. The van der Waals surface area contributed by atoms with Gasteiger partial charge in [-0.1, -0.05) is 24.3 Å². The summed E-state index contributed by atoms with van der Waals surface area (Å²) in [6.45, 7) is 6.15. The molecule has 0 bridgehead atoms. The Labute approximate surface area is 211 Å². The molecule has 1 unspecified atom stereocenters. The first-order valence-electron chi connectivity index (χ1n) is 12.6. The van der Waals surface area contributed by atoms with Gasteiger partial charge in [-0.2, -0.15) is 0 Å². The van der Waals surface area contributed by atoms with Crippen molar-refractivity contribution in [2.24, 2.45) is 0 Å². The van der Waals surface area contributed by atoms with Crippen molar-refractivity contribution in [1.29, 1.82) is 0 Å². The van der Waals surface area contributed by atoms with E-state index in [0.717, 1.165) is 37.7 Å². The fourth-order valence-electron chi connectivity index (χ4n) is 4.59. The van der Waals surface area contributed by atoms with E-state index in [4.69, 9.17) is 14.2 Å². The van der Waals surface area contributed by atoms with Crippen LogP contribution in [0.1, 0.15) is 51.2 Å². The molecule has 1 aliphatic carbocycles. The predicted octanol–water partition coefficient (Wildman–Crippen LogP) is 4.17. The zero-order valence-corrected chi connectivity index (χ0v) is 21.1. The topological polar surface area (TPSA) is 100 Å². The van der Waals surface area contributed by atoms with Gasteiger partial charge in [0, 0.05) is 36.6 Å². The van der Waals surface area contributed by atoms with Crippen LogP contribution in [-0.2, 0) is 33.7 Å². The van der Waals surface area contributed by atoms with Gasteiger partial charge in [0.15, 0.2) is 0 Å². The Morgan fingerprint density at radius 3 is 2.50 bits per heavy atom. The normalized spacial score (nSPS) is 18.0. The Morgan fingerprint density at radius 1 is 1.14 bits per heavy atom. The second-order valence-corrected chi connectivity index (χ2v) is 10.4. The Morgan fingerprint density at radius 2 is 1.86 bits per heavy atom. The Balaban J connectivity index is 1.32. The molecule has 9 nitrogen and oxygen atoms in total. The van der Waals surface area contributed by atoms with Crippen molar-refractivity contribution < 1.29 is 19.0 Å². The molecular weight excluding hydrogens is 458 g/mol. The van der Waals surface area contributed by atoms with Crippen LogP contribution in [0.4, 0.5) is 5.95 Å². The van der Waals surface area contributed by atoms with E-state index in [0.29, 0.717) is 24.0 Å². The molecule has 1 fully saturated rings. The van der Waals surface area contributed by atoms with E-state index in [2.05, 4.69) is 44.6 Å². The number of hydrogen-bond acceptors (Lipinski definition) is 8. The number of hydrogen-bond donors (Lipinski definition) is 1. The lowest BCUT2D eigenvalue weighted by Crippen LogP contribution is -2.27. The van der Waals surface area contributed by atoms with Crippen LogP contribution in [0.15, 0.2) is 42.9 Å². The zero-order valence-electron chi connectivity index (χ0n) is 21.1. The number of rotatable bonds is 7. The monoisotopic (exact) mass is 491 g/mol. The van der Waals surface area contributed by atoms with Crippen LogP contribution < -0.4 is 10.1 Å². The Hall–Kier alpha value is -3.46. The van der Waals surface area contributed by atoms with Crippen LogP contribution in [0.2, 0.25) is 0 Å². The minimum Gasteiger partial charge on any atom is -0.459 e. The maximum atomic E-state index is 12.4. The van der Waals surface area contributed by atoms with E-state index in [1.165, 1.54) is 15.8 Å². The number of fused-ring (bicyclic) bond motifs is 1. The summed E-state index contributed by atoms with van der Waals surface area (Å²) in [5.41, 5.74) is 3.62. The molecule has 1 saturated heterocycles. The smallest absolute Gasteiger partial charge is 0.328 e. The van der Waals surface area contributed by atoms with Gasteiger partial charge in [-0.05, 0) is 57.6 Å². The number of carbonyl (C=O) groups excluding carboxylic acids is 1. The third kappa shape index (κ3) is 6.02.